The molecule has 2 nitrogen and oxygen atoms in total. The van der Waals surface area contributed by atoms with Gasteiger partial charge in [-0.15, -0.1) is 0 Å². The fourth-order valence-corrected chi connectivity index (χ4v) is 3.52. The van der Waals surface area contributed by atoms with Crippen molar-refractivity contribution in [1.29, 1.82) is 0 Å². The van der Waals surface area contributed by atoms with E-state index in [1.165, 1.54) is 5.56 Å². The van der Waals surface area contributed by atoms with Crippen LogP contribution in [0.15, 0.2) is 18.2 Å². The molecule has 0 spiro atoms. The van der Waals surface area contributed by atoms with Crippen molar-refractivity contribution in [2.45, 2.75) is 31.3 Å². The first-order valence-corrected chi connectivity index (χ1v) is 6.74. The molecule has 1 aliphatic heterocycles. The summed E-state index contributed by atoms with van der Waals surface area (Å²) in [6.45, 7) is 2.13. The van der Waals surface area contributed by atoms with E-state index in [0.29, 0.717) is 0 Å². The molecule has 0 aromatic heterocycles. The summed E-state index contributed by atoms with van der Waals surface area (Å²) in [5, 5.41) is 0. The normalized spacial score (nSPS) is 18.1. The molecule has 0 amide bonds. The number of rotatable bonds is 2. The molecule has 0 unspecified atom stereocenters. The molecule has 1 aliphatic rings. The van der Waals surface area contributed by atoms with Crippen molar-refractivity contribution in [2.24, 2.45) is 0 Å². The quantitative estimate of drug-likeness (QED) is 0.749. The van der Waals surface area contributed by atoms with Crippen molar-refractivity contribution in [3.05, 3.63) is 34.9 Å². The molecule has 0 radical (unpaired) electrons. The highest BCUT2D eigenvalue weighted by Gasteiger charge is 2.24. The lowest BCUT2D eigenvalue weighted by atomic mass is 10.0. The average molecular weight is 210 g/mol. The van der Waals surface area contributed by atoms with Gasteiger partial charge in [0.25, 0.3) is 0 Å². The molecule has 1 aromatic rings. The zero-order valence-electron chi connectivity index (χ0n) is 8.29. The molecular formula is C11H14O2S. The number of hydrogen-bond acceptors (Lipinski definition) is 2. The van der Waals surface area contributed by atoms with Gasteiger partial charge >= 0.3 is 0 Å². The van der Waals surface area contributed by atoms with E-state index in [1.54, 1.807) is 0 Å². The van der Waals surface area contributed by atoms with E-state index < -0.39 is 9.84 Å². The minimum Gasteiger partial charge on any atom is -0.228 e. The molecule has 0 saturated heterocycles. The highest BCUT2D eigenvalue weighted by Crippen LogP contribution is 2.26. The Hall–Kier alpha value is -0.830. The molecule has 3 heteroatoms. The van der Waals surface area contributed by atoms with Gasteiger partial charge in [0.1, 0.15) is 0 Å². The fourth-order valence-electron chi connectivity index (χ4n) is 1.92. The van der Waals surface area contributed by atoms with Gasteiger partial charge in [-0.3, -0.25) is 0 Å². The van der Waals surface area contributed by atoms with E-state index in [0.717, 1.165) is 24.0 Å². The summed E-state index contributed by atoms with van der Waals surface area (Å²) in [5.74, 6) is 0.467. The third-order valence-corrected chi connectivity index (χ3v) is 4.06. The van der Waals surface area contributed by atoms with Crippen LogP contribution in [0.3, 0.4) is 0 Å². The summed E-state index contributed by atoms with van der Waals surface area (Å²) in [6, 6.07) is 6.05. The Bertz CT molecular complexity index is 446. The molecule has 76 valence electrons. The van der Waals surface area contributed by atoms with Gasteiger partial charge in [-0.2, -0.15) is 0 Å². The van der Waals surface area contributed by atoms with Crippen molar-refractivity contribution in [1.82, 2.24) is 0 Å². The van der Waals surface area contributed by atoms with E-state index in [4.69, 9.17) is 0 Å². The largest absolute Gasteiger partial charge is 0.228 e. The van der Waals surface area contributed by atoms with Gasteiger partial charge in [-0.25, -0.2) is 8.42 Å². The monoisotopic (exact) mass is 210 g/mol. The first kappa shape index (κ1) is 9.71. The second kappa shape index (κ2) is 3.39. The average Bonchev–Trinajstić information content (AvgIpc) is 2.38. The highest BCUT2D eigenvalue weighted by molar-refractivity contribution is 7.90. The van der Waals surface area contributed by atoms with Crippen molar-refractivity contribution < 1.29 is 8.42 Å². The first-order valence-electron chi connectivity index (χ1n) is 4.92. The molecule has 1 heterocycles. The standard InChI is InChI=1S/C11H14O2S/c1-2-3-9-4-5-10-7-14(12,13)8-11(10)6-9/h4-6H,2-3,7-8H2,1H3. The van der Waals surface area contributed by atoms with E-state index in [-0.39, 0.29) is 11.5 Å². The SMILES string of the molecule is CCCc1ccc2c(c1)CS(=O)(=O)C2. The summed E-state index contributed by atoms with van der Waals surface area (Å²) in [5.41, 5.74) is 3.25. The summed E-state index contributed by atoms with van der Waals surface area (Å²) in [7, 11) is -2.84. The van der Waals surface area contributed by atoms with Crippen LogP contribution in [-0.2, 0) is 27.8 Å². The molecule has 0 saturated carbocycles. The van der Waals surface area contributed by atoms with Gasteiger partial charge in [-0.05, 0) is 23.1 Å². The van der Waals surface area contributed by atoms with Crippen molar-refractivity contribution in [2.75, 3.05) is 0 Å². The molecule has 1 aromatic carbocycles. The Morgan fingerprint density at radius 3 is 2.64 bits per heavy atom. The van der Waals surface area contributed by atoms with E-state index >= 15 is 0 Å². The summed E-state index contributed by atoms with van der Waals surface area (Å²) < 4.78 is 22.7. The molecule has 0 aliphatic carbocycles. The lowest BCUT2D eigenvalue weighted by molar-refractivity contribution is 0.598. The van der Waals surface area contributed by atoms with Crippen LogP contribution < -0.4 is 0 Å². The van der Waals surface area contributed by atoms with Crippen LogP contribution in [0.25, 0.3) is 0 Å². The highest BCUT2D eigenvalue weighted by atomic mass is 32.2. The minimum absolute atomic E-state index is 0.231. The first-order chi connectivity index (χ1) is 6.61. The van der Waals surface area contributed by atoms with E-state index in [1.807, 2.05) is 18.2 Å². The van der Waals surface area contributed by atoms with Crippen LogP contribution in [0.4, 0.5) is 0 Å². The van der Waals surface area contributed by atoms with E-state index in [9.17, 15) is 8.42 Å². The number of sulfone groups is 1. The van der Waals surface area contributed by atoms with Gasteiger partial charge in [0.2, 0.25) is 0 Å². The van der Waals surface area contributed by atoms with Gasteiger partial charge in [0.05, 0.1) is 11.5 Å². The van der Waals surface area contributed by atoms with Crippen LogP contribution >= 0.6 is 0 Å². The number of benzene rings is 1. The Balaban J connectivity index is 2.35. The van der Waals surface area contributed by atoms with Crippen LogP contribution in [0.5, 0.6) is 0 Å². The zero-order valence-corrected chi connectivity index (χ0v) is 9.10. The maximum absolute atomic E-state index is 11.4. The molecule has 0 bridgehead atoms. The molecule has 0 atom stereocenters. The molecule has 0 N–H and O–H groups in total. The maximum atomic E-state index is 11.4. The predicted molar refractivity (Wildman–Crippen MR) is 56.8 cm³/mol. The summed E-state index contributed by atoms with van der Waals surface area (Å²) in [6.07, 6.45) is 2.14. The van der Waals surface area contributed by atoms with Crippen molar-refractivity contribution in [3.8, 4) is 0 Å². The number of fused-ring (bicyclic) bond motifs is 1. The van der Waals surface area contributed by atoms with Crippen molar-refractivity contribution >= 4 is 9.84 Å². The summed E-state index contributed by atoms with van der Waals surface area (Å²) in [4.78, 5) is 0. The maximum Gasteiger partial charge on any atom is 0.158 e. The molecule has 0 fully saturated rings. The van der Waals surface area contributed by atoms with Crippen LogP contribution in [0.1, 0.15) is 30.0 Å². The van der Waals surface area contributed by atoms with Gasteiger partial charge in [0, 0.05) is 0 Å². The smallest absolute Gasteiger partial charge is 0.158 e. The topological polar surface area (TPSA) is 34.1 Å². The Morgan fingerprint density at radius 2 is 1.93 bits per heavy atom. The van der Waals surface area contributed by atoms with Gasteiger partial charge in [-0.1, -0.05) is 31.5 Å². The molecule has 14 heavy (non-hydrogen) atoms. The second-order valence-corrected chi connectivity index (χ2v) is 5.95. The van der Waals surface area contributed by atoms with Crippen LogP contribution in [0.2, 0.25) is 0 Å². The molecule has 2 rings (SSSR count). The Kier molecular flexibility index (Phi) is 2.35. The third-order valence-electron chi connectivity index (χ3n) is 2.56. The predicted octanol–water partition coefficient (Wildman–Crippen LogP) is 2.07. The number of aryl methyl sites for hydroxylation is 1. The second-order valence-electron chi connectivity index (χ2n) is 3.89. The van der Waals surface area contributed by atoms with Gasteiger partial charge in [0.15, 0.2) is 9.84 Å². The lowest BCUT2D eigenvalue weighted by Gasteiger charge is -2.01. The minimum atomic E-state index is -2.84. The van der Waals surface area contributed by atoms with Gasteiger partial charge < -0.3 is 0 Å². The lowest BCUT2D eigenvalue weighted by Crippen LogP contribution is -1.95. The fraction of sp³-hybridized carbons (Fsp3) is 0.455. The Labute approximate surface area is 84.9 Å². The van der Waals surface area contributed by atoms with Crippen LogP contribution in [0, 0.1) is 0 Å². The van der Waals surface area contributed by atoms with Crippen molar-refractivity contribution in [3.63, 3.8) is 0 Å². The zero-order chi connectivity index (χ0) is 10.2. The molecular weight excluding hydrogens is 196 g/mol. The van der Waals surface area contributed by atoms with E-state index in [2.05, 4.69) is 6.92 Å². The van der Waals surface area contributed by atoms with Crippen LogP contribution in [-0.4, -0.2) is 8.42 Å². The third kappa shape index (κ3) is 1.82. The summed E-state index contributed by atoms with van der Waals surface area (Å²) >= 11 is 0. The Morgan fingerprint density at radius 1 is 1.21 bits per heavy atom. The number of hydrogen-bond donors (Lipinski definition) is 0.